The van der Waals surface area contributed by atoms with E-state index in [9.17, 15) is 9.59 Å². The number of rotatable bonds is 5. The van der Waals surface area contributed by atoms with Gasteiger partial charge in [0.2, 0.25) is 5.88 Å². The maximum absolute atomic E-state index is 13.0. The lowest BCUT2D eigenvalue weighted by Crippen LogP contribution is -2.42. The van der Waals surface area contributed by atoms with Gasteiger partial charge >= 0.3 is 6.09 Å². The Morgan fingerprint density at radius 3 is 2.66 bits per heavy atom. The first-order valence-corrected chi connectivity index (χ1v) is 12.9. The van der Waals surface area contributed by atoms with E-state index in [2.05, 4.69) is 26.3 Å². The number of nitrogens with zero attached hydrogens (tertiary/aromatic N) is 4. The molecule has 1 aromatic carbocycles. The second-order valence-corrected chi connectivity index (χ2v) is 10.6. The van der Waals surface area contributed by atoms with Crippen LogP contribution in [0.25, 0.3) is 0 Å². The first-order valence-electron chi connectivity index (χ1n) is 12.9. The Balaban J connectivity index is 1.37. The Kier molecular flexibility index (Phi) is 6.93. The van der Waals surface area contributed by atoms with Crippen LogP contribution in [0, 0.1) is 6.92 Å². The van der Waals surface area contributed by atoms with E-state index in [4.69, 9.17) is 9.47 Å². The third-order valence-corrected chi connectivity index (χ3v) is 6.66. The molecule has 5 rings (SSSR count). The fraction of sp³-hybridized carbons (Fsp3) is 0.379. The summed E-state index contributed by atoms with van der Waals surface area (Å²) in [6.07, 6.45) is 5.54. The zero-order valence-corrected chi connectivity index (χ0v) is 22.3. The summed E-state index contributed by atoms with van der Waals surface area (Å²) in [7, 11) is 0. The highest BCUT2D eigenvalue weighted by Crippen LogP contribution is 2.40. The van der Waals surface area contributed by atoms with Gasteiger partial charge in [0, 0.05) is 37.0 Å². The number of benzene rings is 1. The summed E-state index contributed by atoms with van der Waals surface area (Å²) < 4.78 is 11.5. The van der Waals surface area contributed by atoms with Crippen LogP contribution in [-0.4, -0.2) is 47.6 Å². The number of hydrogen-bond donors (Lipinski definition) is 1. The van der Waals surface area contributed by atoms with E-state index in [0.29, 0.717) is 37.7 Å². The molecule has 0 fully saturated rings. The molecule has 2 aliphatic heterocycles. The van der Waals surface area contributed by atoms with Crippen LogP contribution >= 0.6 is 0 Å². The molecule has 1 N–H and O–H groups in total. The topological polar surface area (TPSA) is 96.9 Å². The van der Waals surface area contributed by atoms with E-state index in [1.54, 1.807) is 4.90 Å². The molecule has 9 heteroatoms. The molecular formula is C29H33N5O4. The fourth-order valence-corrected chi connectivity index (χ4v) is 4.83. The number of hydrogen-bond acceptors (Lipinski definition) is 8. The van der Waals surface area contributed by atoms with Gasteiger partial charge in [-0.3, -0.25) is 4.90 Å². The molecule has 2 aliphatic rings. The predicted octanol–water partition coefficient (Wildman–Crippen LogP) is 4.97. The molecule has 38 heavy (non-hydrogen) atoms. The summed E-state index contributed by atoms with van der Waals surface area (Å²) in [5.74, 6) is 1.22. The van der Waals surface area contributed by atoms with E-state index in [-0.39, 0.29) is 0 Å². The summed E-state index contributed by atoms with van der Waals surface area (Å²) in [4.78, 5) is 36.8. The van der Waals surface area contributed by atoms with Crippen LogP contribution in [0.3, 0.4) is 0 Å². The Hall–Kier alpha value is -4.14. The van der Waals surface area contributed by atoms with Crippen LogP contribution in [-0.2, 0) is 28.9 Å². The van der Waals surface area contributed by atoms with Crippen molar-refractivity contribution in [1.82, 2.24) is 9.97 Å². The Bertz CT molecular complexity index is 1350. The van der Waals surface area contributed by atoms with Crippen molar-refractivity contribution in [2.45, 2.75) is 52.7 Å². The van der Waals surface area contributed by atoms with E-state index >= 15 is 0 Å². The van der Waals surface area contributed by atoms with Gasteiger partial charge in [-0.25, -0.2) is 14.8 Å². The number of nitrogens with one attached hydrogen (secondary N) is 1. The van der Waals surface area contributed by atoms with Crippen molar-refractivity contribution in [2.75, 3.05) is 34.8 Å². The molecule has 0 aliphatic carbocycles. The number of ether oxygens (including phenoxy) is 2. The lowest BCUT2D eigenvalue weighted by molar-refractivity contribution is -0.107. The van der Waals surface area contributed by atoms with Crippen molar-refractivity contribution >= 4 is 35.3 Å². The number of aldehydes is 1. The molecule has 0 unspecified atom stereocenters. The Morgan fingerprint density at radius 1 is 1.13 bits per heavy atom. The van der Waals surface area contributed by atoms with Gasteiger partial charge < -0.3 is 24.5 Å². The van der Waals surface area contributed by atoms with Crippen molar-refractivity contribution in [3.05, 3.63) is 65.0 Å². The Morgan fingerprint density at radius 2 is 1.92 bits per heavy atom. The molecule has 3 aromatic rings. The molecule has 0 spiro atoms. The van der Waals surface area contributed by atoms with Crippen molar-refractivity contribution < 1.29 is 19.1 Å². The highest BCUT2D eigenvalue weighted by Gasteiger charge is 2.32. The zero-order chi connectivity index (χ0) is 26.9. The molecule has 4 heterocycles. The fourth-order valence-electron chi connectivity index (χ4n) is 4.83. The van der Waals surface area contributed by atoms with Crippen molar-refractivity contribution in [3.63, 3.8) is 0 Å². The van der Waals surface area contributed by atoms with Gasteiger partial charge in [0.15, 0.2) is 0 Å². The molecular weight excluding hydrogens is 482 g/mol. The van der Waals surface area contributed by atoms with Gasteiger partial charge in [-0.2, -0.15) is 0 Å². The lowest BCUT2D eigenvalue weighted by Gasteiger charge is -2.35. The van der Waals surface area contributed by atoms with Crippen molar-refractivity contribution in [1.29, 1.82) is 0 Å². The summed E-state index contributed by atoms with van der Waals surface area (Å²) in [6.45, 7) is 9.88. The molecule has 0 bridgehead atoms. The van der Waals surface area contributed by atoms with Gasteiger partial charge in [-0.15, -0.1) is 0 Å². The van der Waals surface area contributed by atoms with Gasteiger partial charge in [0.1, 0.15) is 30.0 Å². The van der Waals surface area contributed by atoms with E-state index < -0.39 is 11.7 Å². The number of carbonyl (C=O) groups excluding carboxylic acids is 2. The van der Waals surface area contributed by atoms with Gasteiger partial charge in [-0.1, -0.05) is 12.1 Å². The molecule has 0 radical (unpaired) electrons. The number of anilines is 4. The quantitative estimate of drug-likeness (QED) is 0.476. The molecule has 2 aromatic heterocycles. The molecule has 0 atom stereocenters. The van der Waals surface area contributed by atoms with E-state index in [1.165, 1.54) is 11.1 Å². The first-order chi connectivity index (χ1) is 18.2. The lowest BCUT2D eigenvalue weighted by atomic mass is 10.0. The van der Waals surface area contributed by atoms with Crippen LogP contribution in [0.4, 0.5) is 27.7 Å². The van der Waals surface area contributed by atoms with E-state index in [0.717, 1.165) is 47.6 Å². The van der Waals surface area contributed by atoms with Crippen LogP contribution in [0.2, 0.25) is 0 Å². The molecule has 0 saturated heterocycles. The summed E-state index contributed by atoms with van der Waals surface area (Å²) in [5.41, 5.74) is 6.27. The SMILES string of the molecule is Cc1c(N2CCc3cnc(Nc4ccc(CC=O)cc4)cc3C2)cnc2c1N(C(=O)OC(C)(C)C)CCO2. The minimum absolute atomic E-state index is 0.373. The number of fused-ring (bicyclic) bond motifs is 2. The highest BCUT2D eigenvalue weighted by molar-refractivity contribution is 5.92. The van der Waals surface area contributed by atoms with Crippen LogP contribution < -0.4 is 19.9 Å². The minimum atomic E-state index is -0.595. The highest BCUT2D eigenvalue weighted by atomic mass is 16.6. The Labute approximate surface area is 222 Å². The maximum atomic E-state index is 13.0. The molecule has 198 valence electrons. The summed E-state index contributed by atoms with van der Waals surface area (Å²) in [6, 6.07) is 9.86. The van der Waals surface area contributed by atoms with Crippen molar-refractivity contribution in [3.8, 4) is 5.88 Å². The monoisotopic (exact) mass is 515 g/mol. The second-order valence-electron chi connectivity index (χ2n) is 10.6. The molecule has 0 saturated carbocycles. The normalized spacial score (nSPS) is 14.7. The number of pyridine rings is 2. The van der Waals surface area contributed by atoms with Crippen LogP contribution in [0.5, 0.6) is 5.88 Å². The van der Waals surface area contributed by atoms with Gasteiger partial charge in [-0.05, 0) is 69.0 Å². The summed E-state index contributed by atoms with van der Waals surface area (Å²) >= 11 is 0. The largest absolute Gasteiger partial charge is 0.474 e. The third kappa shape index (κ3) is 5.41. The standard InChI is InChI=1S/C29H33N5O4/c1-19-24(17-31-27-26(19)34(12-14-37-27)28(36)38-29(2,3)4)33-11-9-21-16-30-25(15-22(21)18-33)32-23-7-5-20(6-8-23)10-13-35/h5-8,13,15-17H,9-12,14,18H2,1-4H3,(H,30,32). The van der Waals surface area contributed by atoms with Crippen LogP contribution in [0.15, 0.2) is 42.7 Å². The number of aromatic nitrogens is 2. The number of carbonyl (C=O) groups is 2. The van der Waals surface area contributed by atoms with Crippen molar-refractivity contribution in [2.24, 2.45) is 0 Å². The van der Waals surface area contributed by atoms with Gasteiger partial charge in [0.05, 0.1) is 18.4 Å². The number of amides is 1. The first kappa shape index (κ1) is 25.5. The second kappa shape index (κ2) is 10.3. The zero-order valence-electron chi connectivity index (χ0n) is 22.3. The average Bonchev–Trinajstić information content (AvgIpc) is 2.88. The average molecular weight is 516 g/mol. The molecule has 9 nitrogen and oxygen atoms in total. The minimum Gasteiger partial charge on any atom is -0.474 e. The van der Waals surface area contributed by atoms with Gasteiger partial charge in [0.25, 0.3) is 0 Å². The third-order valence-electron chi connectivity index (χ3n) is 6.66. The summed E-state index contributed by atoms with van der Waals surface area (Å²) in [5, 5.41) is 3.36. The maximum Gasteiger partial charge on any atom is 0.415 e. The smallest absolute Gasteiger partial charge is 0.415 e. The molecule has 1 amide bonds. The predicted molar refractivity (Wildman–Crippen MR) is 147 cm³/mol. The van der Waals surface area contributed by atoms with E-state index in [1.807, 2.05) is 64.4 Å². The van der Waals surface area contributed by atoms with Crippen LogP contribution in [0.1, 0.15) is 43.0 Å².